The van der Waals surface area contributed by atoms with E-state index in [0.29, 0.717) is 6.54 Å². The highest BCUT2D eigenvalue weighted by Gasteiger charge is 2.20. The number of aryl methyl sites for hydroxylation is 1. The Hall–Kier alpha value is -1.09. The van der Waals surface area contributed by atoms with Crippen LogP contribution in [0.5, 0.6) is 0 Å². The fraction of sp³-hybridized carbons (Fsp3) is 0.583. The highest BCUT2D eigenvalue weighted by Crippen LogP contribution is 2.15. The van der Waals surface area contributed by atoms with Crippen LogP contribution in [0.2, 0.25) is 0 Å². The van der Waals surface area contributed by atoms with E-state index in [1.807, 2.05) is 27.0 Å². The second-order valence-electron chi connectivity index (χ2n) is 4.40. The van der Waals surface area contributed by atoms with Crippen LogP contribution >= 0.6 is 0 Å². The molecular weight excluding hydrogens is 188 g/mol. The summed E-state index contributed by atoms with van der Waals surface area (Å²) in [6, 6.07) is 2.00. The second-order valence-corrected chi connectivity index (χ2v) is 4.40. The molecule has 0 amide bonds. The van der Waals surface area contributed by atoms with E-state index >= 15 is 0 Å². The third kappa shape index (κ3) is 1.84. The van der Waals surface area contributed by atoms with E-state index in [4.69, 9.17) is 0 Å². The van der Waals surface area contributed by atoms with E-state index in [1.165, 1.54) is 6.42 Å². The van der Waals surface area contributed by atoms with Gasteiger partial charge in [-0.05, 0) is 39.4 Å². The Bertz CT molecular complexity index is 389. The SMILES string of the molecule is Cc1cc(C(=O)CN2CCC2)c(C)n1C. The zero-order valence-corrected chi connectivity index (χ0v) is 9.71. The van der Waals surface area contributed by atoms with Crippen LogP contribution in [0.1, 0.15) is 28.2 Å². The van der Waals surface area contributed by atoms with Gasteiger partial charge in [-0.15, -0.1) is 0 Å². The number of rotatable bonds is 3. The molecule has 82 valence electrons. The molecule has 0 N–H and O–H groups in total. The molecule has 1 aromatic rings. The van der Waals surface area contributed by atoms with Crippen molar-refractivity contribution >= 4 is 5.78 Å². The van der Waals surface area contributed by atoms with Crippen LogP contribution in [0.25, 0.3) is 0 Å². The van der Waals surface area contributed by atoms with Crippen LogP contribution in [-0.4, -0.2) is 34.9 Å². The van der Waals surface area contributed by atoms with Gasteiger partial charge in [0.15, 0.2) is 5.78 Å². The van der Waals surface area contributed by atoms with Crippen molar-refractivity contribution in [1.29, 1.82) is 0 Å². The number of Topliss-reactive ketones (excluding diaryl/α,β-unsaturated/α-hetero) is 1. The summed E-state index contributed by atoms with van der Waals surface area (Å²) < 4.78 is 2.07. The summed E-state index contributed by atoms with van der Waals surface area (Å²) in [5, 5.41) is 0. The summed E-state index contributed by atoms with van der Waals surface area (Å²) in [4.78, 5) is 14.2. The van der Waals surface area contributed by atoms with E-state index in [-0.39, 0.29) is 5.78 Å². The standard InChI is InChI=1S/C12H18N2O/c1-9-7-11(10(2)13(9)3)12(15)8-14-5-4-6-14/h7H,4-6,8H2,1-3H3. The molecular formula is C12H18N2O. The average molecular weight is 206 g/mol. The molecule has 3 nitrogen and oxygen atoms in total. The normalized spacial score (nSPS) is 16.5. The maximum atomic E-state index is 12.0. The summed E-state index contributed by atoms with van der Waals surface area (Å²) in [7, 11) is 2.01. The molecule has 1 aliphatic rings. The summed E-state index contributed by atoms with van der Waals surface area (Å²) >= 11 is 0. The first-order chi connectivity index (χ1) is 7.09. The van der Waals surface area contributed by atoms with Crippen LogP contribution in [-0.2, 0) is 7.05 Å². The number of aromatic nitrogens is 1. The van der Waals surface area contributed by atoms with Gasteiger partial charge in [-0.25, -0.2) is 0 Å². The highest BCUT2D eigenvalue weighted by atomic mass is 16.1. The van der Waals surface area contributed by atoms with E-state index < -0.39 is 0 Å². The molecule has 0 aromatic carbocycles. The summed E-state index contributed by atoms with van der Waals surface area (Å²) in [6.45, 7) is 6.79. The topological polar surface area (TPSA) is 25.2 Å². The lowest BCUT2D eigenvalue weighted by molar-refractivity contribution is 0.0874. The lowest BCUT2D eigenvalue weighted by Gasteiger charge is -2.29. The van der Waals surface area contributed by atoms with Gasteiger partial charge >= 0.3 is 0 Å². The van der Waals surface area contributed by atoms with Gasteiger partial charge in [0.25, 0.3) is 0 Å². The van der Waals surface area contributed by atoms with E-state index in [9.17, 15) is 4.79 Å². The minimum atomic E-state index is 0.260. The predicted octanol–water partition coefficient (Wildman–Crippen LogP) is 1.53. The van der Waals surface area contributed by atoms with Gasteiger partial charge in [-0.2, -0.15) is 0 Å². The third-order valence-corrected chi connectivity index (χ3v) is 3.39. The molecule has 0 aliphatic carbocycles. The summed E-state index contributed by atoms with van der Waals surface area (Å²) in [5.41, 5.74) is 3.12. The fourth-order valence-corrected chi connectivity index (χ4v) is 1.97. The zero-order chi connectivity index (χ0) is 11.0. The van der Waals surface area contributed by atoms with Crippen molar-refractivity contribution in [2.75, 3.05) is 19.6 Å². The number of carbonyl (C=O) groups is 1. The maximum Gasteiger partial charge on any atom is 0.178 e. The number of carbonyl (C=O) groups excluding carboxylic acids is 1. The summed E-state index contributed by atoms with van der Waals surface area (Å²) in [6.07, 6.45) is 1.24. The lowest BCUT2D eigenvalue weighted by atomic mass is 10.1. The Labute approximate surface area is 90.7 Å². The molecule has 1 aliphatic heterocycles. The molecule has 0 radical (unpaired) electrons. The first kappa shape index (κ1) is 10.4. The van der Waals surface area contributed by atoms with Gasteiger partial charge in [-0.3, -0.25) is 9.69 Å². The number of hydrogen-bond donors (Lipinski definition) is 0. The Balaban J connectivity index is 2.13. The smallest absolute Gasteiger partial charge is 0.178 e. The summed E-state index contributed by atoms with van der Waals surface area (Å²) in [5.74, 6) is 0.260. The van der Waals surface area contributed by atoms with Crippen LogP contribution in [0, 0.1) is 13.8 Å². The molecule has 0 spiro atoms. The van der Waals surface area contributed by atoms with E-state index in [0.717, 1.165) is 30.0 Å². The Kier molecular flexibility index (Phi) is 2.65. The lowest BCUT2D eigenvalue weighted by Crippen LogP contribution is -2.40. The van der Waals surface area contributed by atoms with Crippen LogP contribution < -0.4 is 0 Å². The molecule has 15 heavy (non-hydrogen) atoms. The van der Waals surface area contributed by atoms with Crippen molar-refractivity contribution in [2.24, 2.45) is 7.05 Å². The van der Waals surface area contributed by atoms with Crippen LogP contribution in [0.4, 0.5) is 0 Å². The molecule has 0 atom stereocenters. The Morgan fingerprint density at radius 2 is 2.07 bits per heavy atom. The van der Waals surface area contributed by atoms with Crippen molar-refractivity contribution in [3.8, 4) is 0 Å². The number of hydrogen-bond acceptors (Lipinski definition) is 2. The maximum absolute atomic E-state index is 12.0. The molecule has 2 rings (SSSR count). The number of nitrogens with zero attached hydrogens (tertiary/aromatic N) is 2. The van der Waals surface area contributed by atoms with Gasteiger partial charge in [0.2, 0.25) is 0 Å². The molecule has 0 saturated carbocycles. The largest absolute Gasteiger partial charge is 0.351 e. The van der Waals surface area contributed by atoms with Crippen molar-refractivity contribution in [3.63, 3.8) is 0 Å². The monoisotopic (exact) mass is 206 g/mol. The van der Waals surface area contributed by atoms with Crippen molar-refractivity contribution in [1.82, 2.24) is 9.47 Å². The molecule has 2 heterocycles. The first-order valence-electron chi connectivity index (χ1n) is 5.48. The minimum Gasteiger partial charge on any atom is -0.351 e. The van der Waals surface area contributed by atoms with E-state index in [1.54, 1.807) is 0 Å². The zero-order valence-electron chi connectivity index (χ0n) is 9.71. The fourth-order valence-electron chi connectivity index (χ4n) is 1.97. The van der Waals surface area contributed by atoms with Crippen molar-refractivity contribution < 1.29 is 4.79 Å². The molecule has 1 fully saturated rings. The Morgan fingerprint density at radius 3 is 2.47 bits per heavy atom. The van der Waals surface area contributed by atoms with Crippen LogP contribution in [0.3, 0.4) is 0 Å². The number of likely N-dealkylation sites (tertiary alicyclic amines) is 1. The van der Waals surface area contributed by atoms with Crippen LogP contribution in [0.15, 0.2) is 6.07 Å². The van der Waals surface area contributed by atoms with E-state index in [2.05, 4.69) is 9.47 Å². The molecule has 0 unspecified atom stereocenters. The first-order valence-corrected chi connectivity index (χ1v) is 5.48. The van der Waals surface area contributed by atoms with Gasteiger partial charge in [0.1, 0.15) is 0 Å². The highest BCUT2D eigenvalue weighted by molar-refractivity contribution is 5.99. The second kappa shape index (κ2) is 3.81. The predicted molar refractivity (Wildman–Crippen MR) is 60.3 cm³/mol. The molecule has 0 bridgehead atoms. The molecule has 1 aromatic heterocycles. The minimum absolute atomic E-state index is 0.260. The van der Waals surface area contributed by atoms with Gasteiger partial charge in [-0.1, -0.05) is 0 Å². The quantitative estimate of drug-likeness (QED) is 0.701. The average Bonchev–Trinajstić information content (AvgIpc) is 2.39. The van der Waals surface area contributed by atoms with Crippen molar-refractivity contribution in [2.45, 2.75) is 20.3 Å². The Morgan fingerprint density at radius 1 is 1.40 bits per heavy atom. The van der Waals surface area contributed by atoms with Gasteiger partial charge < -0.3 is 4.57 Å². The molecule has 1 saturated heterocycles. The van der Waals surface area contributed by atoms with Gasteiger partial charge in [0, 0.05) is 24.0 Å². The van der Waals surface area contributed by atoms with Gasteiger partial charge in [0.05, 0.1) is 6.54 Å². The molecule has 3 heteroatoms. The number of ketones is 1. The third-order valence-electron chi connectivity index (χ3n) is 3.39. The van der Waals surface area contributed by atoms with Crippen molar-refractivity contribution in [3.05, 3.63) is 23.0 Å².